The summed E-state index contributed by atoms with van der Waals surface area (Å²) in [7, 11) is -3.82. The van der Waals surface area contributed by atoms with Crippen LogP contribution < -0.4 is 0 Å². The molecular formula is C17H22N2O6S. The highest BCUT2D eigenvalue weighted by atomic mass is 32.2. The summed E-state index contributed by atoms with van der Waals surface area (Å²) < 4.78 is 32.5. The van der Waals surface area contributed by atoms with Gasteiger partial charge in [0.05, 0.1) is 29.6 Å². The van der Waals surface area contributed by atoms with Gasteiger partial charge in [0.15, 0.2) is 0 Å². The van der Waals surface area contributed by atoms with Crippen LogP contribution in [0.2, 0.25) is 0 Å². The maximum Gasteiger partial charge on any atom is 0.308 e. The Labute approximate surface area is 152 Å². The Morgan fingerprint density at radius 3 is 2.50 bits per heavy atom. The topological polar surface area (TPSA) is 104 Å². The first-order valence-electron chi connectivity index (χ1n) is 8.60. The molecule has 2 aliphatic rings. The first-order valence-corrected chi connectivity index (χ1v) is 10.0. The number of sulfonamides is 1. The van der Waals surface area contributed by atoms with Crippen molar-refractivity contribution in [2.75, 3.05) is 39.4 Å². The quantitative estimate of drug-likeness (QED) is 0.820. The Morgan fingerprint density at radius 2 is 1.81 bits per heavy atom. The number of carbonyl (C=O) groups excluding carboxylic acids is 1. The minimum absolute atomic E-state index is 0.0376. The van der Waals surface area contributed by atoms with E-state index in [4.69, 9.17) is 4.74 Å². The van der Waals surface area contributed by atoms with Gasteiger partial charge in [-0.3, -0.25) is 9.59 Å². The minimum Gasteiger partial charge on any atom is -0.481 e. The first-order chi connectivity index (χ1) is 12.4. The third-order valence-electron chi connectivity index (χ3n) is 4.76. The molecule has 0 bridgehead atoms. The van der Waals surface area contributed by atoms with E-state index in [1.54, 1.807) is 12.1 Å². The highest BCUT2D eigenvalue weighted by molar-refractivity contribution is 7.89. The summed E-state index contributed by atoms with van der Waals surface area (Å²) in [5.41, 5.74) is 0.0880. The molecule has 26 heavy (non-hydrogen) atoms. The van der Waals surface area contributed by atoms with Crippen LogP contribution in [0.3, 0.4) is 0 Å². The van der Waals surface area contributed by atoms with Gasteiger partial charge in [0.25, 0.3) is 5.91 Å². The Morgan fingerprint density at radius 1 is 1.12 bits per heavy atom. The van der Waals surface area contributed by atoms with E-state index in [2.05, 4.69) is 0 Å². The molecule has 2 heterocycles. The number of hydrogen-bond donors (Lipinski definition) is 1. The summed E-state index contributed by atoms with van der Waals surface area (Å²) in [6.45, 7) is 1.66. The number of carboxylic acids is 1. The highest BCUT2D eigenvalue weighted by Crippen LogP contribution is 2.25. The van der Waals surface area contributed by atoms with Crippen molar-refractivity contribution in [3.63, 3.8) is 0 Å². The standard InChI is InChI=1S/C17H22N2O6S/c20-16(18-7-3-4-13(12-18)17(21)22)14-5-1-2-6-15(14)26(23,24)19-8-10-25-11-9-19/h1-2,5-6,13H,3-4,7-12H2,(H,21,22)/t13-/m0/s1. The van der Waals surface area contributed by atoms with Crippen molar-refractivity contribution >= 4 is 21.9 Å². The van der Waals surface area contributed by atoms with Gasteiger partial charge in [-0.25, -0.2) is 8.42 Å². The molecule has 0 spiro atoms. The van der Waals surface area contributed by atoms with Crippen LogP contribution in [0.15, 0.2) is 29.2 Å². The number of hydrogen-bond acceptors (Lipinski definition) is 5. The summed E-state index contributed by atoms with van der Waals surface area (Å²) >= 11 is 0. The van der Waals surface area contributed by atoms with Gasteiger partial charge in [-0.1, -0.05) is 12.1 Å². The van der Waals surface area contributed by atoms with Crippen molar-refractivity contribution in [1.29, 1.82) is 0 Å². The van der Waals surface area contributed by atoms with Gasteiger partial charge in [0.1, 0.15) is 0 Å². The lowest BCUT2D eigenvalue weighted by atomic mass is 9.97. The molecule has 1 N–H and O–H groups in total. The number of benzene rings is 1. The van der Waals surface area contributed by atoms with Gasteiger partial charge in [0.2, 0.25) is 10.0 Å². The van der Waals surface area contributed by atoms with Crippen LogP contribution in [0.5, 0.6) is 0 Å². The molecule has 1 amide bonds. The van der Waals surface area contributed by atoms with Crippen molar-refractivity contribution in [2.24, 2.45) is 5.92 Å². The number of ether oxygens (including phenoxy) is 1. The van der Waals surface area contributed by atoms with Gasteiger partial charge in [0, 0.05) is 26.2 Å². The molecule has 0 unspecified atom stereocenters. The zero-order valence-electron chi connectivity index (χ0n) is 14.3. The van der Waals surface area contributed by atoms with Crippen LogP contribution in [0.4, 0.5) is 0 Å². The first kappa shape index (κ1) is 18.8. The fourth-order valence-electron chi connectivity index (χ4n) is 3.33. The summed E-state index contributed by atoms with van der Waals surface area (Å²) in [5, 5.41) is 9.21. The van der Waals surface area contributed by atoms with Gasteiger partial charge in [-0.2, -0.15) is 4.31 Å². The van der Waals surface area contributed by atoms with Gasteiger partial charge in [-0.15, -0.1) is 0 Å². The van der Waals surface area contributed by atoms with Crippen LogP contribution in [0.1, 0.15) is 23.2 Å². The van der Waals surface area contributed by atoms with E-state index in [1.807, 2.05) is 0 Å². The molecule has 142 valence electrons. The average Bonchev–Trinajstić information content (AvgIpc) is 2.68. The van der Waals surface area contributed by atoms with E-state index in [1.165, 1.54) is 21.3 Å². The number of amides is 1. The number of morpholine rings is 1. The number of likely N-dealkylation sites (tertiary alicyclic amines) is 1. The SMILES string of the molecule is O=C(O)[C@H]1CCCN(C(=O)c2ccccc2S(=O)(=O)N2CCOCC2)C1. The molecule has 0 radical (unpaired) electrons. The number of nitrogens with zero attached hydrogens (tertiary/aromatic N) is 2. The molecule has 0 saturated carbocycles. The molecule has 2 saturated heterocycles. The van der Waals surface area contributed by atoms with Crippen LogP contribution in [0.25, 0.3) is 0 Å². The Kier molecular flexibility index (Phi) is 5.59. The summed E-state index contributed by atoms with van der Waals surface area (Å²) in [5.74, 6) is -1.99. The fourth-order valence-corrected chi connectivity index (χ4v) is 4.92. The lowest BCUT2D eigenvalue weighted by Gasteiger charge is -2.32. The third kappa shape index (κ3) is 3.74. The zero-order valence-corrected chi connectivity index (χ0v) is 15.2. The van der Waals surface area contributed by atoms with Gasteiger partial charge in [-0.05, 0) is 25.0 Å². The van der Waals surface area contributed by atoms with E-state index in [-0.39, 0.29) is 30.1 Å². The van der Waals surface area contributed by atoms with Crippen LogP contribution in [0, 0.1) is 5.92 Å². The van der Waals surface area contributed by atoms with Crippen molar-refractivity contribution in [1.82, 2.24) is 9.21 Å². The molecule has 8 nitrogen and oxygen atoms in total. The Bertz CT molecular complexity index is 788. The largest absolute Gasteiger partial charge is 0.481 e. The van der Waals surface area contributed by atoms with Crippen LogP contribution in [-0.2, 0) is 19.6 Å². The molecule has 0 aromatic heterocycles. The molecular weight excluding hydrogens is 360 g/mol. The van der Waals surface area contributed by atoms with Crippen LogP contribution >= 0.6 is 0 Å². The average molecular weight is 382 g/mol. The minimum atomic E-state index is -3.82. The summed E-state index contributed by atoms with van der Waals surface area (Å²) in [4.78, 5) is 25.6. The molecule has 2 fully saturated rings. The molecule has 0 aliphatic carbocycles. The van der Waals surface area contributed by atoms with E-state index in [0.29, 0.717) is 32.6 Å². The lowest BCUT2D eigenvalue weighted by molar-refractivity contribution is -0.143. The fraction of sp³-hybridized carbons (Fsp3) is 0.529. The van der Waals surface area contributed by atoms with Crippen molar-refractivity contribution in [2.45, 2.75) is 17.7 Å². The monoisotopic (exact) mass is 382 g/mol. The maximum absolute atomic E-state index is 13.0. The van der Waals surface area contributed by atoms with E-state index < -0.39 is 27.8 Å². The lowest BCUT2D eigenvalue weighted by Crippen LogP contribution is -2.44. The third-order valence-corrected chi connectivity index (χ3v) is 6.72. The molecule has 9 heteroatoms. The molecule has 1 atom stereocenters. The number of carboxylic acid groups (broad SMARTS) is 1. The molecule has 1 aromatic carbocycles. The highest BCUT2D eigenvalue weighted by Gasteiger charge is 2.33. The second-order valence-corrected chi connectivity index (χ2v) is 8.35. The second kappa shape index (κ2) is 7.73. The zero-order chi connectivity index (χ0) is 18.7. The van der Waals surface area contributed by atoms with E-state index in [0.717, 1.165) is 0 Å². The predicted octanol–water partition coefficient (Wildman–Crippen LogP) is 0.644. The van der Waals surface area contributed by atoms with Crippen molar-refractivity contribution in [3.05, 3.63) is 29.8 Å². The van der Waals surface area contributed by atoms with Crippen molar-refractivity contribution in [3.8, 4) is 0 Å². The normalized spacial score (nSPS) is 22.2. The number of carbonyl (C=O) groups is 2. The van der Waals surface area contributed by atoms with Gasteiger partial charge < -0.3 is 14.7 Å². The van der Waals surface area contributed by atoms with E-state index >= 15 is 0 Å². The Hall–Kier alpha value is -1.97. The maximum atomic E-state index is 13.0. The van der Waals surface area contributed by atoms with E-state index in [9.17, 15) is 23.1 Å². The summed E-state index contributed by atoms with van der Waals surface area (Å²) in [6, 6.07) is 6.11. The Balaban J connectivity index is 1.89. The number of piperidine rings is 1. The predicted molar refractivity (Wildman–Crippen MR) is 92.3 cm³/mol. The van der Waals surface area contributed by atoms with Crippen LogP contribution in [-0.4, -0.2) is 74.0 Å². The molecule has 1 aromatic rings. The molecule has 3 rings (SSSR count). The number of rotatable bonds is 4. The second-order valence-electron chi connectivity index (χ2n) is 6.44. The smallest absolute Gasteiger partial charge is 0.308 e. The molecule has 2 aliphatic heterocycles. The van der Waals surface area contributed by atoms with Crippen molar-refractivity contribution < 1.29 is 27.9 Å². The van der Waals surface area contributed by atoms with Gasteiger partial charge >= 0.3 is 5.97 Å². The number of aliphatic carboxylic acids is 1. The summed E-state index contributed by atoms with van der Waals surface area (Å²) in [6.07, 6.45) is 1.11.